The van der Waals surface area contributed by atoms with Gasteiger partial charge in [0, 0.05) is 29.6 Å². The number of amides is 1. The minimum absolute atomic E-state index is 0.0879. The zero-order chi connectivity index (χ0) is 13.8. The van der Waals surface area contributed by atoms with Crippen LogP contribution < -0.4 is 10.1 Å². The Hall–Kier alpha value is -1.97. The molecule has 0 spiro atoms. The number of aromatic amines is 1. The molecular formula is C15H20N2O2. The molecule has 4 nitrogen and oxygen atoms in total. The van der Waals surface area contributed by atoms with Crippen LogP contribution in [0.15, 0.2) is 24.4 Å². The normalized spacial score (nSPS) is 12.4. The van der Waals surface area contributed by atoms with E-state index in [2.05, 4.69) is 10.3 Å². The molecule has 4 heteroatoms. The number of hydrogen-bond donors (Lipinski definition) is 2. The molecule has 0 aliphatic heterocycles. The second-order valence-electron chi connectivity index (χ2n) is 4.75. The summed E-state index contributed by atoms with van der Waals surface area (Å²) < 4.78 is 5.25. The number of fused-ring (bicyclic) bond motifs is 1. The van der Waals surface area contributed by atoms with Crippen molar-refractivity contribution in [2.45, 2.75) is 32.7 Å². The molecule has 0 saturated heterocycles. The number of rotatable bonds is 5. The monoisotopic (exact) mass is 260 g/mol. The Morgan fingerprint density at radius 1 is 1.47 bits per heavy atom. The quantitative estimate of drug-likeness (QED) is 0.868. The van der Waals surface area contributed by atoms with E-state index in [1.165, 1.54) is 5.56 Å². The van der Waals surface area contributed by atoms with Gasteiger partial charge in [-0.25, -0.2) is 0 Å². The van der Waals surface area contributed by atoms with Gasteiger partial charge in [-0.1, -0.05) is 6.92 Å². The summed E-state index contributed by atoms with van der Waals surface area (Å²) in [4.78, 5) is 14.6. The molecule has 0 aliphatic rings. The highest BCUT2D eigenvalue weighted by Gasteiger charge is 2.10. The summed E-state index contributed by atoms with van der Waals surface area (Å²) in [6.07, 6.45) is 3.32. The molecule has 1 aromatic heterocycles. The Morgan fingerprint density at radius 3 is 2.95 bits per heavy atom. The highest BCUT2D eigenvalue weighted by Crippen LogP contribution is 2.24. The van der Waals surface area contributed by atoms with E-state index < -0.39 is 0 Å². The summed E-state index contributed by atoms with van der Waals surface area (Å²) in [5, 5.41) is 4.13. The molecule has 0 radical (unpaired) electrons. The van der Waals surface area contributed by atoms with Gasteiger partial charge in [0.15, 0.2) is 0 Å². The summed E-state index contributed by atoms with van der Waals surface area (Å²) in [5.41, 5.74) is 2.28. The fourth-order valence-electron chi connectivity index (χ4n) is 2.21. The zero-order valence-corrected chi connectivity index (χ0v) is 11.6. The summed E-state index contributed by atoms with van der Waals surface area (Å²) in [6, 6.07) is 6.09. The van der Waals surface area contributed by atoms with Crippen molar-refractivity contribution in [1.82, 2.24) is 10.3 Å². The number of hydrogen-bond acceptors (Lipinski definition) is 2. The molecular weight excluding hydrogens is 240 g/mol. The lowest BCUT2D eigenvalue weighted by molar-refractivity contribution is -0.121. The van der Waals surface area contributed by atoms with Crippen LogP contribution in [0.3, 0.4) is 0 Å². The van der Waals surface area contributed by atoms with E-state index in [9.17, 15) is 4.79 Å². The fraction of sp³-hybridized carbons (Fsp3) is 0.400. The van der Waals surface area contributed by atoms with Crippen LogP contribution >= 0.6 is 0 Å². The minimum atomic E-state index is 0.0879. The molecule has 1 atom stereocenters. The lowest BCUT2D eigenvalue weighted by Gasteiger charge is -2.12. The summed E-state index contributed by atoms with van der Waals surface area (Å²) in [7, 11) is 1.66. The van der Waals surface area contributed by atoms with E-state index in [0.29, 0.717) is 6.42 Å². The molecule has 1 heterocycles. The van der Waals surface area contributed by atoms with Crippen LogP contribution in [-0.2, 0) is 11.2 Å². The van der Waals surface area contributed by atoms with Crippen molar-refractivity contribution in [1.29, 1.82) is 0 Å². The van der Waals surface area contributed by atoms with Crippen LogP contribution in [0.4, 0.5) is 0 Å². The number of nitrogens with one attached hydrogen (secondary N) is 2. The Bertz CT molecular complexity index is 575. The van der Waals surface area contributed by atoms with Gasteiger partial charge >= 0.3 is 0 Å². The molecule has 0 aliphatic carbocycles. The molecule has 0 bridgehead atoms. The first-order valence-electron chi connectivity index (χ1n) is 6.57. The second kappa shape index (κ2) is 5.78. The molecule has 2 aromatic rings. The highest BCUT2D eigenvalue weighted by molar-refractivity contribution is 5.84. The average molecular weight is 260 g/mol. The molecule has 102 valence electrons. The Kier molecular flexibility index (Phi) is 4.10. The van der Waals surface area contributed by atoms with Crippen molar-refractivity contribution in [2.75, 3.05) is 7.11 Å². The van der Waals surface area contributed by atoms with Gasteiger partial charge in [0.2, 0.25) is 5.91 Å². The average Bonchev–Trinajstić information content (AvgIpc) is 2.80. The molecule has 1 amide bonds. The van der Waals surface area contributed by atoms with Crippen LogP contribution in [0.25, 0.3) is 10.9 Å². The third-order valence-corrected chi connectivity index (χ3v) is 3.23. The fourth-order valence-corrected chi connectivity index (χ4v) is 2.21. The Labute approximate surface area is 113 Å². The number of ether oxygens (including phenoxy) is 1. The van der Waals surface area contributed by atoms with Gasteiger partial charge in [-0.15, -0.1) is 0 Å². The second-order valence-corrected chi connectivity index (χ2v) is 4.75. The van der Waals surface area contributed by atoms with Crippen LogP contribution in [0.5, 0.6) is 5.75 Å². The van der Waals surface area contributed by atoms with Gasteiger partial charge in [-0.2, -0.15) is 0 Å². The van der Waals surface area contributed by atoms with E-state index in [1.54, 1.807) is 7.11 Å². The van der Waals surface area contributed by atoms with E-state index >= 15 is 0 Å². The molecule has 2 rings (SSSR count). The number of carbonyl (C=O) groups is 1. The summed E-state index contributed by atoms with van der Waals surface area (Å²) in [5.74, 6) is 0.934. The maximum Gasteiger partial charge on any atom is 0.219 e. The maximum absolute atomic E-state index is 11.4. The first kappa shape index (κ1) is 13.5. The number of carbonyl (C=O) groups excluding carboxylic acids is 1. The first-order valence-corrected chi connectivity index (χ1v) is 6.57. The maximum atomic E-state index is 11.4. The molecule has 1 unspecified atom stereocenters. The number of H-pyrrole nitrogens is 1. The largest absolute Gasteiger partial charge is 0.497 e. The summed E-state index contributed by atoms with van der Waals surface area (Å²) >= 11 is 0. The van der Waals surface area contributed by atoms with E-state index in [4.69, 9.17) is 4.74 Å². The standard InChI is InChI=1S/C15H20N2O2/c1-4-15(18)17-10(2)7-11-9-16-14-6-5-12(19-3)8-13(11)14/h5-6,8-10,16H,4,7H2,1-3H3,(H,17,18). The van der Waals surface area contributed by atoms with Gasteiger partial charge in [0.1, 0.15) is 5.75 Å². The van der Waals surface area contributed by atoms with Crippen molar-refractivity contribution in [3.05, 3.63) is 30.0 Å². The summed E-state index contributed by atoms with van der Waals surface area (Å²) in [6.45, 7) is 3.88. The number of aromatic nitrogens is 1. The topological polar surface area (TPSA) is 54.1 Å². The van der Waals surface area contributed by atoms with Crippen LogP contribution in [0.2, 0.25) is 0 Å². The van der Waals surface area contributed by atoms with Crippen molar-refractivity contribution in [3.63, 3.8) is 0 Å². The molecule has 0 fully saturated rings. The van der Waals surface area contributed by atoms with Crippen LogP contribution in [0, 0.1) is 0 Å². The first-order chi connectivity index (χ1) is 9.13. The smallest absolute Gasteiger partial charge is 0.219 e. The Morgan fingerprint density at radius 2 is 2.26 bits per heavy atom. The predicted octanol–water partition coefficient (Wildman–Crippen LogP) is 2.63. The van der Waals surface area contributed by atoms with Gasteiger partial charge < -0.3 is 15.0 Å². The van der Waals surface area contributed by atoms with E-state index in [1.807, 2.05) is 38.2 Å². The lowest BCUT2D eigenvalue weighted by atomic mass is 10.1. The number of methoxy groups -OCH3 is 1. The van der Waals surface area contributed by atoms with Crippen LogP contribution in [0.1, 0.15) is 25.8 Å². The van der Waals surface area contributed by atoms with Crippen molar-refractivity contribution in [3.8, 4) is 5.75 Å². The van der Waals surface area contributed by atoms with Crippen molar-refractivity contribution < 1.29 is 9.53 Å². The molecule has 1 aromatic carbocycles. The van der Waals surface area contributed by atoms with Crippen molar-refractivity contribution >= 4 is 16.8 Å². The van der Waals surface area contributed by atoms with Gasteiger partial charge in [0.25, 0.3) is 0 Å². The third-order valence-electron chi connectivity index (χ3n) is 3.23. The number of benzene rings is 1. The molecule has 19 heavy (non-hydrogen) atoms. The van der Waals surface area contributed by atoms with E-state index in [0.717, 1.165) is 23.1 Å². The molecule has 0 saturated carbocycles. The van der Waals surface area contributed by atoms with Gasteiger partial charge in [-0.05, 0) is 37.1 Å². The minimum Gasteiger partial charge on any atom is -0.497 e. The van der Waals surface area contributed by atoms with Gasteiger partial charge in [-0.3, -0.25) is 4.79 Å². The van der Waals surface area contributed by atoms with E-state index in [-0.39, 0.29) is 11.9 Å². The SMILES string of the molecule is CCC(=O)NC(C)Cc1c[nH]c2ccc(OC)cc12. The van der Waals surface area contributed by atoms with Gasteiger partial charge in [0.05, 0.1) is 7.11 Å². The Balaban J connectivity index is 2.18. The third kappa shape index (κ3) is 3.08. The van der Waals surface area contributed by atoms with Crippen LogP contribution in [-0.4, -0.2) is 24.0 Å². The predicted molar refractivity (Wildman–Crippen MR) is 76.5 cm³/mol. The molecule has 2 N–H and O–H groups in total. The zero-order valence-electron chi connectivity index (χ0n) is 11.6. The lowest BCUT2D eigenvalue weighted by Crippen LogP contribution is -2.33. The highest BCUT2D eigenvalue weighted by atomic mass is 16.5. The van der Waals surface area contributed by atoms with Crippen molar-refractivity contribution in [2.24, 2.45) is 0 Å².